The highest BCUT2D eigenvalue weighted by Crippen LogP contribution is 2.31. The maximum atomic E-state index is 13.2. The topological polar surface area (TPSA) is 85.7 Å². The zero-order valence-electron chi connectivity index (χ0n) is 17.5. The number of hydrogen-bond acceptors (Lipinski definition) is 5. The van der Waals surface area contributed by atoms with Crippen molar-refractivity contribution in [2.24, 2.45) is 0 Å². The van der Waals surface area contributed by atoms with Crippen molar-refractivity contribution in [1.82, 2.24) is 24.7 Å². The Labute approximate surface area is 186 Å². The Morgan fingerprint density at radius 3 is 2.64 bits per heavy atom. The number of hydrogen-bond donors (Lipinski definition) is 1. The molecule has 0 bridgehead atoms. The lowest BCUT2D eigenvalue weighted by Gasteiger charge is -2.22. The van der Waals surface area contributed by atoms with Gasteiger partial charge in [-0.05, 0) is 30.5 Å². The van der Waals surface area contributed by atoms with Crippen molar-refractivity contribution in [3.05, 3.63) is 76.1 Å². The smallest absolute Gasteiger partial charge is 0.381 e. The molecule has 1 saturated heterocycles. The second kappa shape index (κ2) is 8.43. The Morgan fingerprint density at radius 1 is 1.06 bits per heavy atom. The summed E-state index contributed by atoms with van der Waals surface area (Å²) in [6.07, 6.45) is -1.24. The number of pyridine rings is 1. The minimum Gasteiger partial charge on any atom is -0.381 e. The van der Waals surface area contributed by atoms with E-state index < -0.39 is 11.9 Å². The van der Waals surface area contributed by atoms with Gasteiger partial charge in [-0.2, -0.15) is 18.3 Å². The molecular formula is C23H20F3N5O2. The molecule has 0 atom stereocenters. The first-order valence-electron chi connectivity index (χ1n) is 10.6. The van der Waals surface area contributed by atoms with Gasteiger partial charge in [-0.15, -0.1) is 0 Å². The second-order valence-electron chi connectivity index (χ2n) is 7.92. The van der Waals surface area contributed by atoms with Gasteiger partial charge in [0.2, 0.25) is 0 Å². The highest BCUT2D eigenvalue weighted by Gasteiger charge is 2.32. The van der Waals surface area contributed by atoms with E-state index in [9.17, 15) is 18.0 Å². The lowest BCUT2D eigenvalue weighted by molar-refractivity contribution is -0.141. The standard InChI is InChI=1S/C23H20F3N5O2/c24-23(25,26)19-7-3-6-18(28-19)16-5-2-1-4-14(16)12-20-29-21-17(22(32)30-20)13-27-31(21)15-8-10-33-11-9-15/h1-7,13,15H,8-12H2,(H,29,30,32). The van der Waals surface area contributed by atoms with E-state index in [1.807, 2.05) is 0 Å². The van der Waals surface area contributed by atoms with Crippen LogP contribution in [0.2, 0.25) is 0 Å². The third-order valence-electron chi connectivity index (χ3n) is 5.74. The minimum absolute atomic E-state index is 0.0972. The van der Waals surface area contributed by atoms with Gasteiger partial charge in [0.1, 0.15) is 16.9 Å². The van der Waals surface area contributed by atoms with Crippen LogP contribution in [0.15, 0.2) is 53.5 Å². The van der Waals surface area contributed by atoms with E-state index in [0.29, 0.717) is 41.2 Å². The van der Waals surface area contributed by atoms with Crippen LogP contribution in [0, 0.1) is 0 Å². The molecule has 1 aliphatic heterocycles. The summed E-state index contributed by atoms with van der Waals surface area (Å²) in [5, 5.41) is 4.79. The fraction of sp³-hybridized carbons (Fsp3) is 0.304. The molecule has 5 rings (SSSR count). The Morgan fingerprint density at radius 2 is 1.85 bits per heavy atom. The summed E-state index contributed by atoms with van der Waals surface area (Å²) in [4.78, 5) is 23.9. The van der Waals surface area contributed by atoms with Crippen molar-refractivity contribution in [3.8, 4) is 11.3 Å². The maximum absolute atomic E-state index is 13.2. The first-order chi connectivity index (χ1) is 15.9. The molecule has 0 spiro atoms. The van der Waals surface area contributed by atoms with E-state index in [1.165, 1.54) is 18.3 Å². The van der Waals surface area contributed by atoms with Gasteiger partial charge in [-0.1, -0.05) is 30.3 Å². The van der Waals surface area contributed by atoms with Crippen molar-refractivity contribution < 1.29 is 17.9 Å². The summed E-state index contributed by atoms with van der Waals surface area (Å²) >= 11 is 0. The zero-order chi connectivity index (χ0) is 23.0. The predicted molar refractivity (Wildman–Crippen MR) is 115 cm³/mol. The molecule has 0 unspecified atom stereocenters. The van der Waals surface area contributed by atoms with E-state index in [-0.39, 0.29) is 23.7 Å². The number of nitrogens with zero attached hydrogens (tertiary/aromatic N) is 4. The maximum Gasteiger partial charge on any atom is 0.433 e. The summed E-state index contributed by atoms with van der Waals surface area (Å²) in [6.45, 7) is 1.25. The molecule has 10 heteroatoms. The molecule has 0 saturated carbocycles. The van der Waals surface area contributed by atoms with Crippen LogP contribution in [0.3, 0.4) is 0 Å². The van der Waals surface area contributed by atoms with Gasteiger partial charge in [-0.3, -0.25) is 4.79 Å². The molecule has 33 heavy (non-hydrogen) atoms. The SMILES string of the molecule is O=c1[nH]c(Cc2ccccc2-c2cccc(C(F)(F)F)n2)nc2c1cnn2C1CCOCC1. The third-order valence-corrected chi connectivity index (χ3v) is 5.74. The fourth-order valence-corrected chi connectivity index (χ4v) is 4.11. The number of rotatable bonds is 4. The number of H-pyrrole nitrogens is 1. The highest BCUT2D eigenvalue weighted by molar-refractivity contribution is 5.73. The van der Waals surface area contributed by atoms with Crippen LogP contribution >= 0.6 is 0 Å². The number of aromatic nitrogens is 5. The van der Waals surface area contributed by atoms with Gasteiger partial charge in [0.05, 0.1) is 17.9 Å². The van der Waals surface area contributed by atoms with Gasteiger partial charge in [0, 0.05) is 25.2 Å². The zero-order valence-corrected chi connectivity index (χ0v) is 17.5. The van der Waals surface area contributed by atoms with Gasteiger partial charge in [0.25, 0.3) is 5.56 Å². The van der Waals surface area contributed by atoms with Crippen LogP contribution in [0.5, 0.6) is 0 Å². The number of ether oxygens (including phenoxy) is 1. The molecule has 4 aromatic rings. The lowest BCUT2D eigenvalue weighted by Crippen LogP contribution is -2.21. The van der Waals surface area contributed by atoms with E-state index in [1.54, 1.807) is 28.9 Å². The van der Waals surface area contributed by atoms with E-state index in [2.05, 4.69) is 20.1 Å². The van der Waals surface area contributed by atoms with Crippen LogP contribution in [-0.4, -0.2) is 37.9 Å². The molecule has 1 aliphatic rings. The average molecular weight is 455 g/mol. The Balaban J connectivity index is 1.53. The lowest BCUT2D eigenvalue weighted by atomic mass is 10.0. The molecule has 1 fully saturated rings. The normalized spacial score (nSPS) is 15.2. The molecule has 170 valence electrons. The number of alkyl halides is 3. The van der Waals surface area contributed by atoms with Crippen molar-refractivity contribution in [3.63, 3.8) is 0 Å². The van der Waals surface area contributed by atoms with Crippen molar-refractivity contribution in [2.75, 3.05) is 13.2 Å². The van der Waals surface area contributed by atoms with Crippen molar-refractivity contribution in [2.45, 2.75) is 31.5 Å². The first-order valence-corrected chi connectivity index (χ1v) is 10.6. The van der Waals surface area contributed by atoms with Crippen molar-refractivity contribution >= 4 is 11.0 Å². The van der Waals surface area contributed by atoms with E-state index >= 15 is 0 Å². The summed E-state index contributed by atoms with van der Waals surface area (Å²) in [6, 6.07) is 10.9. The van der Waals surface area contributed by atoms with Gasteiger partial charge < -0.3 is 9.72 Å². The summed E-state index contributed by atoms with van der Waals surface area (Å²) in [5.41, 5.74) is 0.686. The summed E-state index contributed by atoms with van der Waals surface area (Å²) in [5.74, 6) is 0.403. The summed E-state index contributed by atoms with van der Waals surface area (Å²) in [7, 11) is 0. The Hall–Kier alpha value is -3.53. The first kappa shape index (κ1) is 21.3. The second-order valence-corrected chi connectivity index (χ2v) is 7.92. The van der Waals surface area contributed by atoms with Gasteiger partial charge >= 0.3 is 6.18 Å². The third kappa shape index (κ3) is 4.25. The largest absolute Gasteiger partial charge is 0.433 e. The molecule has 0 aliphatic carbocycles. The molecule has 4 heterocycles. The Kier molecular flexibility index (Phi) is 5.45. The quantitative estimate of drug-likeness (QED) is 0.500. The molecular weight excluding hydrogens is 435 g/mol. The molecule has 1 aromatic carbocycles. The predicted octanol–water partition coefficient (Wildman–Crippen LogP) is 4.14. The molecule has 0 amide bonds. The fourth-order valence-electron chi connectivity index (χ4n) is 4.11. The molecule has 3 aromatic heterocycles. The van der Waals surface area contributed by atoms with Crippen LogP contribution < -0.4 is 5.56 Å². The van der Waals surface area contributed by atoms with Crippen LogP contribution in [0.4, 0.5) is 13.2 Å². The summed E-state index contributed by atoms with van der Waals surface area (Å²) < 4.78 is 46.7. The number of nitrogens with one attached hydrogen (secondary N) is 1. The number of benzene rings is 1. The molecule has 1 N–H and O–H groups in total. The van der Waals surface area contributed by atoms with Gasteiger partial charge in [0.15, 0.2) is 5.65 Å². The Bertz CT molecular complexity index is 1360. The van der Waals surface area contributed by atoms with E-state index in [4.69, 9.17) is 4.74 Å². The van der Waals surface area contributed by atoms with E-state index in [0.717, 1.165) is 18.9 Å². The highest BCUT2D eigenvalue weighted by atomic mass is 19.4. The monoisotopic (exact) mass is 455 g/mol. The minimum atomic E-state index is -4.54. The number of halogens is 3. The van der Waals surface area contributed by atoms with Crippen LogP contribution in [0.1, 0.15) is 36.0 Å². The van der Waals surface area contributed by atoms with Crippen LogP contribution in [-0.2, 0) is 17.3 Å². The number of aromatic amines is 1. The number of fused-ring (bicyclic) bond motifs is 1. The molecule has 7 nitrogen and oxygen atoms in total. The van der Waals surface area contributed by atoms with Crippen LogP contribution in [0.25, 0.3) is 22.3 Å². The average Bonchev–Trinajstić information content (AvgIpc) is 3.24. The van der Waals surface area contributed by atoms with Gasteiger partial charge in [-0.25, -0.2) is 14.6 Å². The van der Waals surface area contributed by atoms with Crippen molar-refractivity contribution in [1.29, 1.82) is 0 Å². The molecule has 0 radical (unpaired) electrons.